The largest absolute Gasteiger partial charge is 0.494 e. The highest BCUT2D eigenvalue weighted by molar-refractivity contribution is 5.68. The van der Waals surface area contributed by atoms with Crippen LogP contribution in [0.2, 0.25) is 0 Å². The number of halogens is 1. The van der Waals surface area contributed by atoms with Crippen molar-refractivity contribution in [2.45, 2.75) is 38.6 Å². The number of hydrogen-bond donors (Lipinski definition) is 2. The molecule has 0 spiro atoms. The highest BCUT2D eigenvalue weighted by atomic mass is 19.1. The number of likely N-dealkylation sites (tertiary alicyclic amines) is 1. The Balaban J connectivity index is 1.80. The Labute approximate surface area is 126 Å². The van der Waals surface area contributed by atoms with E-state index in [9.17, 15) is 4.39 Å². The smallest absolute Gasteiger partial charge is 0.167 e. The van der Waals surface area contributed by atoms with Gasteiger partial charge in [-0.1, -0.05) is 6.42 Å². The first-order valence-corrected chi connectivity index (χ1v) is 7.72. The van der Waals surface area contributed by atoms with Crippen molar-refractivity contribution in [3.05, 3.63) is 17.9 Å². The van der Waals surface area contributed by atoms with Gasteiger partial charge >= 0.3 is 0 Å². The van der Waals surface area contributed by atoms with Crippen LogP contribution in [0.5, 0.6) is 5.75 Å². The molecular weight excluding hydrogens is 269 g/mol. The van der Waals surface area contributed by atoms with Crippen LogP contribution in [-0.2, 0) is 0 Å². The van der Waals surface area contributed by atoms with E-state index in [2.05, 4.69) is 17.1 Å². The summed E-state index contributed by atoms with van der Waals surface area (Å²) in [5, 5.41) is 3.27. The number of nitrogens with one attached hydrogen (secondary N) is 1. The Morgan fingerprint density at radius 3 is 2.95 bits per heavy atom. The second kappa shape index (κ2) is 7.50. The van der Waals surface area contributed by atoms with Crippen LogP contribution in [0.1, 0.15) is 32.6 Å². The highest BCUT2D eigenvalue weighted by Gasteiger charge is 2.17. The molecular formula is C16H26FN3O. The zero-order valence-electron chi connectivity index (χ0n) is 13.0. The topological polar surface area (TPSA) is 50.5 Å². The molecule has 1 aliphatic heterocycles. The van der Waals surface area contributed by atoms with Gasteiger partial charge in [0.05, 0.1) is 18.5 Å². The summed E-state index contributed by atoms with van der Waals surface area (Å²) in [4.78, 5) is 2.54. The lowest BCUT2D eigenvalue weighted by molar-refractivity contribution is 0.160. The number of nitrogens with zero attached hydrogens (tertiary/aromatic N) is 1. The monoisotopic (exact) mass is 295 g/mol. The molecule has 21 heavy (non-hydrogen) atoms. The molecule has 1 aromatic carbocycles. The van der Waals surface area contributed by atoms with Crippen molar-refractivity contribution in [3.8, 4) is 5.75 Å². The first-order valence-electron chi connectivity index (χ1n) is 7.72. The lowest BCUT2D eigenvalue weighted by Crippen LogP contribution is -2.38. The van der Waals surface area contributed by atoms with Crippen LogP contribution in [-0.4, -0.2) is 37.7 Å². The Kier molecular flexibility index (Phi) is 5.67. The number of methoxy groups -OCH3 is 1. The van der Waals surface area contributed by atoms with Crippen molar-refractivity contribution >= 4 is 11.4 Å². The minimum atomic E-state index is -0.428. The van der Waals surface area contributed by atoms with E-state index in [1.807, 2.05) is 0 Å². The minimum Gasteiger partial charge on any atom is -0.494 e. The van der Waals surface area contributed by atoms with Crippen LogP contribution >= 0.6 is 0 Å². The number of ether oxygens (including phenoxy) is 1. The maximum absolute atomic E-state index is 13.5. The molecule has 0 saturated carbocycles. The number of nitrogens with two attached hydrogens (primary N) is 1. The van der Waals surface area contributed by atoms with Crippen molar-refractivity contribution in [2.24, 2.45) is 0 Å². The summed E-state index contributed by atoms with van der Waals surface area (Å²) in [6.45, 7) is 5.41. The van der Waals surface area contributed by atoms with E-state index in [1.165, 1.54) is 39.0 Å². The van der Waals surface area contributed by atoms with Crippen LogP contribution in [0.15, 0.2) is 12.1 Å². The highest BCUT2D eigenvalue weighted by Crippen LogP contribution is 2.27. The Morgan fingerprint density at radius 2 is 2.24 bits per heavy atom. The molecule has 5 heteroatoms. The van der Waals surface area contributed by atoms with Crippen molar-refractivity contribution in [1.29, 1.82) is 0 Å². The molecule has 2 rings (SSSR count). The number of hydrogen-bond acceptors (Lipinski definition) is 4. The van der Waals surface area contributed by atoms with E-state index in [4.69, 9.17) is 10.5 Å². The summed E-state index contributed by atoms with van der Waals surface area (Å²) in [7, 11) is 1.45. The van der Waals surface area contributed by atoms with E-state index in [0.29, 0.717) is 11.7 Å². The second-order valence-electron chi connectivity index (χ2n) is 5.74. The summed E-state index contributed by atoms with van der Waals surface area (Å²) in [6, 6.07) is 3.61. The fourth-order valence-electron chi connectivity index (χ4n) is 2.87. The van der Waals surface area contributed by atoms with Gasteiger partial charge in [-0.15, -0.1) is 0 Å². The van der Waals surface area contributed by atoms with Gasteiger partial charge < -0.3 is 20.7 Å². The van der Waals surface area contributed by atoms with Gasteiger partial charge in [-0.2, -0.15) is 0 Å². The molecule has 1 aromatic rings. The number of benzene rings is 1. The molecule has 1 heterocycles. The first-order chi connectivity index (χ1) is 10.1. The van der Waals surface area contributed by atoms with E-state index in [1.54, 1.807) is 6.07 Å². The summed E-state index contributed by atoms with van der Waals surface area (Å²) < 4.78 is 18.4. The van der Waals surface area contributed by atoms with Crippen LogP contribution in [0.4, 0.5) is 15.8 Å². The van der Waals surface area contributed by atoms with Crippen LogP contribution < -0.4 is 15.8 Å². The number of rotatable bonds is 6. The van der Waals surface area contributed by atoms with Crippen molar-refractivity contribution in [2.75, 3.05) is 37.8 Å². The molecule has 0 bridgehead atoms. The molecule has 0 aliphatic carbocycles. The SMILES string of the molecule is COc1cc(NCCCN2CCCCC2C)c(N)cc1F. The average molecular weight is 295 g/mol. The normalized spacial score (nSPS) is 19.5. The Bertz CT molecular complexity index is 467. The lowest BCUT2D eigenvalue weighted by Gasteiger charge is -2.33. The quantitative estimate of drug-likeness (QED) is 0.625. The lowest BCUT2D eigenvalue weighted by atomic mass is 10.0. The van der Waals surface area contributed by atoms with Crippen molar-refractivity contribution in [3.63, 3.8) is 0 Å². The van der Waals surface area contributed by atoms with Crippen LogP contribution in [0, 0.1) is 5.82 Å². The van der Waals surface area contributed by atoms with Gasteiger partial charge in [-0.05, 0) is 32.7 Å². The van der Waals surface area contributed by atoms with Gasteiger partial charge in [0.2, 0.25) is 0 Å². The van der Waals surface area contributed by atoms with E-state index < -0.39 is 5.82 Å². The third-order valence-electron chi connectivity index (χ3n) is 4.20. The Hall–Kier alpha value is -1.49. The number of nitrogen functional groups attached to an aromatic ring is 1. The molecule has 1 aliphatic rings. The van der Waals surface area contributed by atoms with Gasteiger partial charge in [0, 0.05) is 31.3 Å². The number of piperidine rings is 1. The van der Waals surface area contributed by atoms with Gasteiger partial charge in [0.15, 0.2) is 11.6 Å². The predicted molar refractivity (Wildman–Crippen MR) is 85.4 cm³/mol. The molecule has 4 nitrogen and oxygen atoms in total. The maximum atomic E-state index is 13.5. The zero-order valence-corrected chi connectivity index (χ0v) is 13.0. The molecule has 3 N–H and O–H groups in total. The third kappa shape index (κ3) is 4.24. The molecule has 0 aromatic heterocycles. The average Bonchev–Trinajstić information content (AvgIpc) is 2.47. The standard InChI is InChI=1S/C16H26FN3O/c1-12-6-3-4-8-20(12)9-5-7-19-15-11-16(21-2)13(17)10-14(15)18/h10-12,19H,3-9,18H2,1-2H3. The fourth-order valence-corrected chi connectivity index (χ4v) is 2.87. The summed E-state index contributed by atoms with van der Waals surface area (Å²) in [6.07, 6.45) is 5.00. The summed E-state index contributed by atoms with van der Waals surface area (Å²) in [5.41, 5.74) is 6.98. The van der Waals surface area contributed by atoms with Crippen LogP contribution in [0.3, 0.4) is 0 Å². The Morgan fingerprint density at radius 1 is 1.43 bits per heavy atom. The summed E-state index contributed by atoms with van der Waals surface area (Å²) >= 11 is 0. The number of anilines is 2. The van der Waals surface area contributed by atoms with E-state index in [0.717, 1.165) is 25.2 Å². The third-order valence-corrected chi connectivity index (χ3v) is 4.20. The molecule has 1 fully saturated rings. The first kappa shape index (κ1) is 15.9. The molecule has 118 valence electrons. The molecule has 0 radical (unpaired) electrons. The molecule has 0 amide bonds. The second-order valence-corrected chi connectivity index (χ2v) is 5.74. The molecule has 1 unspecified atom stereocenters. The molecule has 1 saturated heterocycles. The fraction of sp³-hybridized carbons (Fsp3) is 0.625. The van der Waals surface area contributed by atoms with E-state index in [-0.39, 0.29) is 5.75 Å². The molecule has 1 atom stereocenters. The van der Waals surface area contributed by atoms with Gasteiger partial charge in [-0.25, -0.2) is 4.39 Å². The van der Waals surface area contributed by atoms with Gasteiger partial charge in [0.1, 0.15) is 0 Å². The van der Waals surface area contributed by atoms with Gasteiger partial charge in [-0.3, -0.25) is 0 Å². The zero-order chi connectivity index (χ0) is 15.2. The van der Waals surface area contributed by atoms with Crippen molar-refractivity contribution < 1.29 is 9.13 Å². The van der Waals surface area contributed by atoms with Crippen molar-refractivity contribution in [1.82, 2.24) is 4.90 Å². The van der Waals surface area contributed by atoms with E-state index >= 15 is 0 Å². The predicted octanol–water partition coefficient (Wildman–Crippen LogP) is 3.09. The summed E-state index contributed by atoms with van der Waals surface area (Å²) in [5.74, 6) is -0.209. The minimum absolute atomic E-state index is 0.219. The van der Waals surface area contributed by atoms with Gasteiger partial charge in [0.25, 0.3) is 0 Å². The maximum Gasteiger partial charge on any atom is 0.167 e. The van der Waals surface area contributed by atoms with Crippen LogP contribution in [0.25, 0.3) is 0 Å².